The molecule has 7 heteroatoms. The largest absolute Gasteiger partial charge is 0.493 e. The summed E-state index contributed by atoms with van der Waals surface area (Å²) in [7, 11) is 3.05. The van der Waals surface area contributed by atoms with Gasteiger partial charge in [-0.3, -0.25) is 4.79 Å². The number of nitrogens with one attached hydrogen (secondary N) is 1. The molecule has 3 rings (SSSR count). The van der Waals surface area contributed by atoms with Crippen LogP contribution in [0.1, 0.15) is 10.4 Å². The van der Waals surface area contributed by atoms with Crippen LogP contribution in [0.3, 0.4) is 0 Å². The first-order valence-corrected chi connectivity index (χ1v) is 7.08. The number of benzene rings is 1. The van der Waals surface area contributed by atoms with Gasteiger partial charge in [0.05, 0.1) is 33.5 Å². The second-order valence-electron chi connectivity index (χ2n) is 5.31. The molecule has 2 fully saturated rings. The molecule has 0 radical (unpaired) electrons. The van der Waals surface area contributed by atoms with E-state index in [1.54, 1.807) is 18.2 Å². The van der Waals surface area contributed by atoms with Crippen LogP contribution in [0.4, 0.5) is 0 Å². The Morgan fingerprint density at radius 2 is 1.91 bits per heavy atom. The molecular formula is C15H19NO6. The average Bonchev–Trinajstić information content (AvgIpc) is 3.10. The van der Waals surface area contributed by atoms with Gasteiger partial charge in [0.2, 0.25) is 0 Å². The van der Waals surface area contributed by atoms with Crippen molar-refractivity contribution < 1.29 is 28.8 Å². The Balaban J connectivity index is 1.70. The first-order chi connectivity index (χ1) is 10.6. The Morgan fingerprint density at radius 1 is 1.18 bits per heavy atom. The van der Waals surface area contributed by atoms with Gasteiger partial charge in [0.25, 0.3) is 5.91 Å². The highest BCUT2D eigenvalue weighted by molar-refractivity contribution is 5.95. The lowest BCUT2D eigenvalue weighted by Crippen LogP contribution is -2.44. The molecule has 0 aromatic heterocycles. The first kappa shape index (κ1) is 15.1. The number of hydrogen-bond donors (Lipinski definition) is 2. The van der Waals surface area contributed by atoms with Crippen molar-refractivity contribution >= 4 is 5.91 Å². The van der Waals surface area contributed by atoms with E-state index in [0.29, 0.717) is 23.7 Å². The molecule has 22 heavy (non-hydrogen) atoms. The van der Waals surface area contributed by atoms with Crippen molar-refractivity contribution in [1.29, 1.82) is 0 Å². The van der Waals surface area contributed by atoms with Crippen molar-refractivity contribution in [1.82, 2.24) is 5.32 Å². The summed E-state index contributed by atoms with van der Waals surface area (Å²) in [6.45, 7) is 0.559. The van der Waals surface area contributed by atoms with Crippen molar-refractivity contribution in [3.63, 3.8) is 0 Å². The molecule has 120 valence electrons. The van der Waals surface area contributed by atoms with Gasteiger partial charge in [0, 0.05) is 5.56 Å². The summed E-state index contributed by atoms with van der Waals surface area (Å²) >= 11 is 0. The smallest absolute Gasteiger partial charge is 0.251 e. The number of rotatable bonds is 4. The Kier molecular flexibility index (Phi) is 4.19. The van der Waals surface area contributed by atoms with E-state index in [1.165, 1.54) is 14.2 Å². The number of methoxy groups -OCH3 is 2. The molecule has 1 amide bonds. The number of carbonyl (C=O) groups is 1. The normalized spacial score (nSPS) is 30.0. The molecule has 7 nitrogen and oxygen atoms in total. The summed E-state index contributed by atoms with van der Waals surface area (Å²) in [5.74, 6) is 0.800. The van der Waals surface area contributed by atoms with E-state index in [2.05, 4.69) is 5.32 Å². The van der Waals surface area contributed by atoms with Crippen molar-refractivity contribution in [3.8, 4) is 11.5 Å². The number of aliphatic hydroxyl groups is 1. The van der Waals surface area contributed by atoms with Gasteiger partial charge < -0.3 is 29.4 Å². The monoisotopic (exact) mass is 309 g/mol. The molecule has 1 aromatic rings. The number of ether oxygens (including phenoxy) is 4. The summed E-state index contributed by atoms with van der Waals surface area (Å²) in [6, 6.07) is 4.68. The highest BCUT2D eigenvalue weighted by Crippen LogP contribution is 2.29. The fourth-order valence-corrected chi connectivity index (χ4v) is 2.83. The van der Waals surface area contributed by atoms with Crippen molar-refractivity contribution in [3.05, 3.63) is 23.8 Å². The van der Waals surface area contributed by atoms with Crippen LogP contribution >= 0.6 is 0 Å². The Labute approximate surface area is 128 Å². The van der Waals surface area contributed by atoms with Gasteiger partial charge in [0.1, 0.15) is 18.3 Å². The molecule has 0 saturated carbocycles. The molecule has 0 spiro atoms. The number of fused-ring (bicyclic) bond motifs is 1. The zero-order valence-corrected chi connectivity index (χ0v) is 12.4. The molecule has 0 unspecified atom stereocenters. The third kappa shape index (κ3) is 2.63. The number of amides is 1. The zero-order chi connectivity index (χ0) is 15.7. The predicted molar refractivity (Wildman–Crippen MR) is 76.3 cm³/mol. The third-order valence-electron chi connectivity index (χ3n) is 3.99. The van der Waals surface area contributed by atoms with E-state index < -0.39 is 6.10 Å². The number of aliphatic hydroxyl groups excluding tert-OH is 1. The second-order valence-corrected chi connectivity index (χ2v) is 5.31. The molecule has 2 aliphatic heterocycles. The van der Waals surface area contributed by atoms with E-state index in [-0.39, 0.29) is 30.8 Å². The average molecular weight is 309 g/mol. The van der Waals surface area contributed by atoms with Crippen LogP contribution < -0.4 is 14.8 Å². The lowest BCUT2D eigenvalue weighted by Gasteiger charge is -2.18. The second kappa shape index (κ2) is 6.12. The molecule has 2 aliphatic rings. The molecule has 0 aliphatic carbocycles. The van der Waals surface area contributed by atoms with Crippen LogP contribution in [0, 0.1) is 0 Å². The lowest BCUT2D eigenvalue weighted by atomic mass is 10.1. The molecule has 2 heterocycles. The maximum Gasteiger partial charge on any atom is 0.251 e. The highest BCUT2D eigenvalue weighted by atomic mass is 16.6. The Hall–Kier alpha value is -1.83. The fraction of sp³-hybridized carbons (Fsp3) is 0.533. The minimum absolute atomic E-state index is 0.234. The first-order valence-electron chi connectivity index (χ1n) is 7.08. The minimum atomic E-state index is -0.631. The minimum Gasteiger partial charge on any atom is -0.493 e. The predicted octanol–water partition coefficient (Wildman–Crippen LogP) is -0.0393. The summed E-state index contributed by atoms with van der Waals surface area (Å²) in [5.41, 5.74) is 0.458. The van der Waals surface area contributed by atoms with Crippen molar-refractivity contribution in [2.24, 2.45) is 0 Å². The van der Waals surface area contributed by atoms with Gasteiger partial charge >= 0.3 is 0 Å². The van der Waals surface area contributed by atoms with Gasteiger partial charge in [-0.2, -0.15) is 0 Å². The summed E-state index contributed by atoms with van der Waals surface area (Å²) in [5, 5.41) is 12.6. The van der Waals surface area contributed by atoms with E-state index >= 15 is 0 Å². The van der Waals surface area contributed by atoms with Gasteiger partial charge in [-0.15, -0.1) is 0 Å². The van der Waals surface area contributed by atoms with Crippen LogP contribution in [0.15, 0.2) is 18.2 Å². The quantitative estimate of drug-likeness (QED) is 0.812. The van der Waals surface area contributed by atoms with Crippen LogP contribution in [0.5, 0.6) is 11.5 Å². The van der Waals surface area contributed by atoms with Crippen LogP contribution in [0.2, 0.25) is 0 Å². The fourth-order valence-electron chi connectivity index (χ4n) is 2.83. The molecular weight excluding hydrogens is 290 g/mol. The number of carbonyl (C=O) groups excluding carboxylic acids is 1. The molecule has 2 N–H and O–H groups in total. The lowest BCUT2D eigenvalue weighted by molar-refractivity contribution is 0.0178. The van der Waals surface area contributed by atoms with Crippen molar-refractivity contribution in [2.45, 2.75) is 24.4 Å². The van der Waals surface area contributed by atoms with Gasteiger partial charge in [0.15, 0.2) is 11.5 Å². The van der Waals surface area contributed by atoms with E-state index in [0.717, 1.165) is 0 Å². The van der Waals surface area contributed by atoms with Crippen LogP contribution in [0.25, 0.3) is 0 Å². The molecule has 2 saturated heterocycles. The molecule has 1 aromatic carbocycles. The summed E-state index contributed by atoms with van der Waals surface area (Å²) < 4.78 is 21.3. The topological polar surface area (TPSA) is 86.3 Å². The maximum atomic E-state index is 12.4. The zero-order valence-electron chi connectivity index (χ0n) is 12.4. The van der Waals surface area contributed by atoms with E-state index in [1.807, 2.05) is 0 Å². The van der Waals surface area contributed by atoms with E-state index in [9.17, 15) is 9.90 Å². The molecule has 4 atom stereocenters. The van der Waals surface area contributed by atoms with Gasteiger partial charge in [-0.25, -0.2) is 0 Å². The molecule has 0 bridgehead atoms. The van der Waals surface area contributed by atoms with Gasteiger partial charge in [-0.1, -0.05) is 0 Å². The highest BCUT2D eigenvalue weighted by Gasteiger charge is 2.47. The van der Waals surface area contributed by atoms with Crippen LogP contribution in [-0.4, -0.2) is 62.8 Å². The summed E-state index contributed by atoms with van der Waals surface area (Å²) in [4.78, 5) is 12.4. The van der Waals surface area contributed by atoms with Crippen molar-refractivity contribution in [2.75, 3.05) is 27.4 Å². The maximum absolute atomic E-state index is 12.4. The number of hydrogen-bond acceptors (Lipinski definition) is 6. The van der Waals surface area contributed by atoms with Gasteiger partial charge in [-0.05, 0) is 18.2 Å². The van der Waals surface area contributed by atoms with Crippen LogP contribution in [-0.2, 0) is 9.47 Å². The standard InChI is InChI=1S/C15H19NO6/c1-19-11-4-3-8(5-12(11)20-2)15(18)16-9-6-21-14-10(17)7-22-13(9)14/h3-5,9-10,13-14,17H,6-7H2,1-2H3,(H,16,18)/t9-,10+,13+,14+/m0/s1. The van der Waals surface area contributed by atoms with E-state index in [4.69, 9.17) is 18.9 Å². The third-order valence-corrected chi connectivity index (χ3v) is 3.99. The Bertz CT molecular complexity index is 563. The SMILES string of the molecule is COc1ccc(C(=O)N[C@H]2CO[C@H]3[C@@H]2OC[C@H]3O)cc1OC. The summed E-state index contributed by atoms with van der Waals surface area (Å²) in [6.07, 6.45) is -1.30. The Morgan fingerprint density at radius 3 is 2.64 bits per heavy atom.